The Balaban J connectivity index is 1.44. The standard InChI is InChI=1S/C22H37N5O/c1-15-16(2)23-24-19(15)8-9-22(28)26-12-17-11-18(13-26)21(14-25(3)4)27-10-6-5-7-20(17)27/h17-18,20-21H,5-14H2,1-4H3,(H,23,24)/t17-,18+,20+,21+/m1/s1. The Morgan fingerprint density at radius 1 is 1.21 bits per heavy atom. The molecule has 3 aliphatic rings. The molecule has 1 N–H and O–H groups in total. The van der Waals surface area contributed by atoms with Gasteiger partial charge in [-0.05, 0) is 71.1 Å². The van der Waals surface area contributed by atoms with E-state index in [4.69, 9.17) is 0 Å². The minimum Gasteiger partial charge on any atom is -0.342 e. The van der Waals surface area contributed by atoms with Gasteiger partial charge in [-0.3, -0.25) is 14.8 Å². The number of hydrogen-bond donors (Lipinski definition) is 1. The van der Waals surface area contributed by atoms with Gasteiger partial charge in [-0.1, -0.05) is 6.42 Å². The molecule has 6 heteroatoms. The molecule has 0 spiro atoms. The molecule has 156 valence electrons. The van der Waals surface area contributed by atoms with Gasteiger partial charge >= 0.3 is 0 Å². The van der Waals surface area contributed by atoms with Gasteiger partial charge in [0.1, 0.15) is 0 Å². The first-order valence-electron chi connectivity index (χ1n) is 11.1. The van der Waals surface area contributed by atoms with Crippen molar-refractivity contribution in [2.75, 3.05) is 40.3 Å². The number of H-pyrrole nitrogens is 1. The lowest BCUT2D eigenvalue weighted by Crippen LogP contribution is -2.65. The van der Waals surface area contributed by atoms with E-state index in [1.807, 2.05) is 6.92 Å². The maximum atomic E-state index is 13.1. The number of aromatic amines is 1. The van der Waals surface area contributed by atoms with Crippen molar-refractivity contribution in [3.05, 3.63) is 17.0 Å². The van der Waals surface area contributed by atoms with Crippen molar-refractivity contribution in [1.29, 1.82) is 0 Å². The van der Waals surface area contributed by atoms with Crippen molar-refractivity contribution in [3.8, 4) is 0 Å². The fourth-order valence-electron chi connectivity index (χ4n) is 5.90. The average molecular weight is 388 g/mol. The highest BCUT2D eigenvalue weighted by atomic mass is 16.2. The van der Waals surface area contributed by atoms with Crippen LogP contribution in [0.25, 0.3) is 0 Å². The Labute approximate surface area is 169 Å². The molecule has 3 saturated heterocycles. The summed E-state index contributed by atoms with van der Waals surface area (Å²) >= 11 is 0. The first kappa shape index (κ1) is 19.9. The van der Waals surface area contributed by atoms with E-state index in [1.165, 1.54) is 37.8 Å². The Morgan fingerprint density at radius 3 is 2.71 bits per heavy atom. The molecule has 0 saturated carbocycles. The Morgan fingerprint density at radius 2 is 2.00 bits per heavy atom. The fraction of sp³-hybridized carbons (Fsp3) is 0.818. The van der Waals surface area contributed by atoms with Crippen LogP contribution in [0.15, 0.2) is 0 Å². The number of nitrogens with zero attached hydrogens (tertiary/aromatic N) is 4. The van der Waals surface area contributed by atoms with Crippen LogP contribution in [0.5, 0.6) is 0 Å². The van der Waals surface area contributed by atoms with Crippen molar-refractivity contribution in [2.45, 2.75) is 64.5 Å². The molecule has 6 nitrogen and oxygen atoms in total. The fourth-order valence-corrected chi connectivity index (χ4v) is 5.90. The molecule has 1 amide bonds. The number of amides is 1. The normalized spacial score (nSPS) is 30.5. The van der Waals surface area contributed by atoms with Crippen LogP contribution in [0.3, 0.4) is 0 Å². The molecule has 2 bridgehead atoms. The number of hydrogen-bond acceptors (Lipinski definition) is 4. The summed E-state index contributed by atoms with van der Waals surface area (Å²) in [5.41, 5.74) is 3.36. The van der Waals surface area contributed by atoms with E-state index in [0.29, 0.717) is 36.2 Å². The minimum absolute atomic E-state index is 0.322. The van der Waals surface area contributed by atoms with Crippen molar-refractivity contribution in [3.63, 3.8) is 0 Å². The number of nitrogens with one attached hydrogen (secondary N) is 1. The second-order valence-electron chi connectivity index (χ2n) is 9.61. The number of rotatable bonds is 5. The highest BCUT2D eigenvalue weighted by molar-refractivity contribution is 5.76. The summed E-state index contributed by atoms with van der Waals surface area (Å²) in [4.78, 5) is 20.4. The van der Waals surface area contributed by atoms with E-state index < -0.39 is 0 Å². The van der Waals surface area contributed by atoms with Gasteiger partial charge in [0.2, 0.25) is 5.91 Å². The molecule has 28 heavy (non-hydrogen) atoms. The summed E-state index contributed by atoms with van der Waals surface area (Å²) in [5, 5.41) is 7.42. The van der Waals surface area contributed by atoms with Crippen molar-refractivity contribution in [2.24, 2.45) is 11.8 Å². The summed E-state index contributed by atoms with van der Waals surface area (Å²) in [6.45, 7) is 8.40. The summed E-state index contributed by atoms with van der Waals surface area (Å²) in [5.74, 6) is 1.60. The van der Waals surface area contributed by atoms with E-state index in [-0.39, 0.29) is 0 Å². The zero-order chi connectivity index (χ0) is 19.8. The van der Waals surface area contributed by atoms with Gasteiger partial charge in [0.05, 0.1) is 5.69 Å². The van der Waals surface area contributed by atoms with Crippen molar-refractivity contribution in [1.82, 2.24) is 24.9 Å². The molecule has 3 aliphatic heterocycles. The lowest BCUT2D eigenvalue weighted by atomic mass is 9.72. The molecule has 4 rings (SSSR count). The third-order valence-corrected chi connectivity index (χ3v) is 7.46. The molecule has 1 aromatic rings. The van der Waals surface area contributed by atoms with Gasteiger partial charge in [0, 0.05) is 50.3 Å². The van der Waals surface area contributed by atoms with Crippen LogP contribution in [0.1, 0.15) is 49.1 Å². The Bertz CT molecular complexity index is 699. The highest BCUT2D eigenvalue weighted by Crippen LogP contribution is 2.41. The van der Waals surface area contributed by atoms with Crippen LogP contribution in [-0.4, -0.2) is 83.2 Å². The van der Waals surface area contributed by atoms with E-state index in [0.717, 1.165) is 37.4 Å². The van der Waals surface area contributed by atoms with Gasteiger partial charge in [0.25, 0.3) is 0 Å². The molecule has 4 atom stereocenters. The second kappa shape index (κ2) is 8.15. The predicted octanol–water partition coefficient (Wildman–Crippen LogP) is 2.22. The number of aromatic nitrogens is 2. The lowest BCUT2D eigenvalue weighted by Gasteiger charge is -2.57. The monoisotopic (exact) mass is 387 g/mol. The number of carbonyl (C=O) groups excluding carboxylic acids is 1. The van der Waals surface area contributed by atoms with Gasteiger partial charge in [-0.25, -0.2) is 0 Å². The molecule has 0 aliphatic carbocycles. The quantitative estimate of drug-likeness (QED) is 0.842. The SMILES string of the molecule is Cc1[nH]nc(CCC(=O)N2C[C@H]3C[C@@H](C2)[C@H](CN(C)C)N2CCCC[C@@H]32)c1C. The van der Waals surface area contributed by atoms with E-state index in [1.54, 1.807) is 0 Å². The summed E-state index contributed by atoms with van der Waals surface area (Å²) in [6.07, 6.45) is 6.64. The molecular weight excluding hydrogens is 350 g/mol. The zero-order valence-electron chi connectivity index (χ0n) is 18.1. The third-order valence-electron chi connectivity index (χ3n) is 7.46. The van der Waals surface area contributed by atoms with Gasteiger partial charge in [-0.15, -0.1) is 0 Å². The van der Waals surface area contributed by atoms with Crippen LogP contribution in [-0.2, 0) is 11.2 Å². The van der Waals surface area contributed by atoms with Crippen LogP contribution in [0.2, 0.25) is 0 Å². The van der Waals surface area contributed by atoms with E-state index in [2.05, 4.69) is 45.9 Å². The van der Waals surface area contributed by atoms with Crippen LogP contribution >= 0.6 is 0 Å². The number of carbonyl (C=O) groups is 1. The highest BCUT2D eigenvalue weighted by Gasteiger charge is 2.47. The summed E-state index contributed by atoms with van der Waals surface area (Å²) in [6, 6.07) is 1.28. The van der Waals surface area contributed by atoms with Gasteiger partial charge in [0.15, 0.2) is 0 Å². The lowest BCUT2D eigenvalue weighted by molar-refractivity contribution is -0.141. The number of aryl methyl sites for hydroxylation is 2. The number of likely N-dealkylation sites (N-methyl/N-ethyl adjacent to an activating group) is 1. The molecule has 4 heterocycles. The van der Waals surface area contributed by atoms with Crippen molar-refractivity contribution < 1.29 is 4.79 Å². The first-order valence-corrected chi connectivity index (χ1v) is 11.1. The third kappa shape index (κ3) is 3.86. The molecule has 0 radical (unpaired) electrons. The average Bonchev–Trinajstić information content (AvgIpc) is 3.01. The number of piperidine rings is 3. The molecule has 3 fully saturated rings. The van der Waals surface area contributed by atoms with Gasteiger partial charge < -0.3 is 9.80 Å². The maximum absolute atomic E-state index is 13.1. The predicted molar refractivity (Wildman–Crippen MR) is 111 cm³/mol. The minimum atomic E-state index is 0.322. The van der Waals surface area contributed by atoms with E-state index in [9.17, 15) is 4.79 Å². The Hall–Kier alpha value is -1.40. The maximum Gasteiger partial charge on any atom is 0.222 e. The van der Waals surface area contributed by atoms with Crippen LogP contribution < -0.4 is 0 Å². The number of likely N-dealkylation sites (tertiary alicyclic amines) is 1. The summed E-state index contributed by atoms with van der Waals surface area (Å²) < 4.78 is 0. The largest absolute Gasteiger partial charge is 0.342 e. The molecular formula is C22H37N5O. The van der Waals surface area contributed by atoms with Crippen LogP contribution in [0, 0.1) is 25.7 Å². The second-order valence-corrected chi connectivity index (χ2v) is 9.61. The van der Waals surface area contributed by atoms with E-state index >= 15 is 0 Å². The number of fused-ring (bicyclic) bond motifs is 4. The van der Waals surface area contributed by atoms with Crippen LogP contribution in [0.4, 0.5) is 0 Å². The molecule has 0 aromatic carbocycles. The topological polar surface area (TPSA) is 55.5 Å². The Kier molecular flexibility index (Phi) is 5.79. The first-order chi connectivity index (χ1) is 13.4. The van der Waals surface area contributed by atoms with Gasteiger partial charge in [-0.2, -0.15) is 5.10 Å². The smallest absolute Gasteiger partial charge is 0.222 e. The zero-order valence-corrected chi connectivity index (χ0v) is 18.1. The molecule has 1 aromatic heterocycles. The van der Waals surface area contributed by atoms with Crippen molar-refractivity contribution >= 4 is 5.91 Å². The summed E-state index contributed by atoms with van der Waals surface area (Å²) in [7, 11) is 4.37. The molecule has 0 unspecified atom stereocenters.